The monoisotopic (exact) mass is 638 g/mol. The van der Waals surface area contributed by atoms with Gasteiger partial charge in [-0.25, -0.2) is 4.39 Å². The van der Waals surface area contributed by atoms with Crippen LogP contribution in [0.1, 0.15) is 79.8 Å². The number of alkyl halides is 6. The summed E-state index contributed by atoms with van der Waals surface area (Å²) >= 11 is 0. The molecule has 1 heterocycles. The van der Waals surface area contributed by atoms with Gasteiger partial charge in [0.1, 0.15) is 5.82 Å². The number of nitrogens with one attached hydrogen (secondary N) is 1. The molecular weight excluding hydrogens is 605 g/mol. The highest BCUT2D eigenvalue weighted by Gasteiger charge is 2.40. The minimum Gasteiger partial charge on any atom is -0.481 e. The van der Waals surface area contributed by atoms with Gasteiger partial charge >= 0.3 is 18.3 Å². The zero-order chi connectivity index (χ0) is 33.3. The van der Waals surface area contributed by atoms with Crippen LogP contribution in [0.3, 0.4) is 0 Å². The number of anilines is 1. The van der Waals surface area contributed by atoms with Gasteiger partial charge in [0, 0.05) is 23.6 Å². The molecular formula is C33H33F7N2O3. The number of pyridine rings is 1. The zero-order valence-corrected chi connectivity index (χ0v) is 24.9. The fourth-order valence-corrected chi connectivity index (χ4v) is 5.77. The third-order valence-corrected chi connectivity index (χ3v) is 8.58. The Kier molecular flexibility index (Phi) is 9.65. The zero-order valence-electron chi connectivity index (χ0n) is 24.9. The maximum absolute atomic E-state index is 14.0. The number of aliphatic carboxylic acids is 1. The van der Waals surface area contributed by atoms with Crippen LogP contribution in [0.15, 0.2) is 48.7 Å². The van der Waals surface area contributed by atoms with E-state index in [1.807, 2.05) is 6.07 Å². The van der Waals surface area contributed by atoms with Gasteiger partial charge in [0.2, 0.25) is 0 Å². The molecule has 1 aliphatic rings. The Labute approximate surface area is 255 Å². The number of aromatic nitrogens is 1. The molecule has 2 N–H and O–H groups in total. The largest absolute Gasteiger partial charge is 0.481 e. The van der Waals surface area contributed by atoms with E-state index >= 15 is 0 Å². The Morgan fingerprint density at radius 2 is 1.44 bits per heavy atom. The summed E-state index contributed by atoms with van der Waals surface area (Å²) < 4.78 is 94.8. The highest BCUT2D eigenvalue weighted by molar-refractivity contribution is 5.93. The van der Waals surface area contributed by atoms with Gasteiger partial charge in [-0.3, -0.25) is 14.6 Å². The molecule has 3 aromatic rings. The maximum Gasteiger partial charge on any atom is 0.416 e. The van der Waals surface area contributed by atoms with Gasteiger partial charge in [-0.2, -0.15) is 26.3 Å². The van der Waals surface area contributed by atoms with E-state index in [4.69, 9.17) is 5.11 Å². The molecule has 2 aromatic carbocycles. The van der Waals surface area contributed by atoms with Crippen LogP contribution in [0.5, 0.6) is 0 Å². The number of benzene rings is 2. The van der Waals surface area contributed by atoms with E-state index < -0.39 is 58.6 Å². The molecule has 0 aliphatic heterocycles. The molecule has 4 rings (SSSR count). The number of nitrogens with zero attached hydrogens (tertiary/aromatic N) is 1. The highest BCUT2D eigenvalue weighted by atomic mass is 19.4. The van der Waals surface area contributed by atoms with Crippen molar-refractivity contribution in [2.24, 2.45) is 5.92 Å². The number of rotatable bonds is 9. The molecule has 1 aromatic heterocycles. The third-order valence-electron chi connectivity index (χ3n) is 8.58. The van der Waals surface area contributed by atoms with Crippen molar-refractivity contribution in [2.75, 3.05) is 11.9 Å². The van der Waals surface area contributed by atoms with Crippen LogP contribution in [0.25, 0.3) is 11.1 Å². The lowest BCUT2D eigenvalue weighted by molar-refractivity contribution is -0.143. The Hall–Kier alpha value is -3.96. The Morgan fingerprint density at radius 3 is 1.98 bits per heavy atom. The number of hydrogen-bond acceptors (Lipinski definition) is 4. The van der Waals surface area contributed by atoms with Gasteiger partial charge in [0.15, 0.2) is 5.78 Å². The molecule has 1 saturated carbocycles. The Bertz CT molecular complexity index is 1540. The van der Waals surface area contributed by atoms with Gasteiger partial charge in [-0.15, -0.1) is 0 Å². The van der Waals surface area contributed by atoms with Gasteiger partial charge < -0.3 is 10.4 Å². The van der Waals surface area contributed by atoms with E-state index in [1.54, 1.807) is 13.0 Å². The number of Topliss-reactive ketones (excluding diaryl/α,β-unsaturated/α-hetero) is 1. The Balaban J connectivity index is 1.63. The number of ketones is 1. The fraction of sp³-hybridized carbons (Fsp3) is 0.424. The number of carboxylic acids is 1. The van der Waals surface area contributed by atoms with Crippen molar-refractivity contribution in [2.45, 2.75) is 76.6 Å². The topological polar surface area (TPSA) is 79.3 Å². The van der Waals surface area contributed by atoms with Gasteiger partial charge in [0.25, 0.3) is 0 Å². The van der Waals surface area contributed by atoms with E-state index in [2.05, 4.69) is 10.3 Å². The first-order valence-corrected chi connectivity index (χ1v) is 14.4. The molecule has 242 valence electrons. The van der Waals surface area contributed by atoms with Gasteiger partial charge in [-0.05, 0) is 105 Å². The number of aryl methyl sites for hydroxylation is 1. The summed E-state index contributed by atoms with van der Waals surface area (Å²) in [6.07, 6.45) is -5.62. The van der Waals surface area contributed by atoms with Crippen molar-refractivity contribution in [3.05, 3.63) is 82.4 Å². The number of carbonyl (C=O) groups is 2. The molecule has 0 atom stereocenters. The van der Waals surface area contributed by atoms with Crippen LogP contribution < -0.4 is 5.32 Å². The molecule has 0 spiro atoms. The first-order valence-electron chi connectivity index (χ1n) is 14.4. The van der Waals surface area contributed by atoms with Crippen LogP contribution in [0.4, 0.5) is 36.4 Å². The van der Waals surface area contributed by atoms with Crippen LogP contribution >= 0.6 is 0 Å². The second-order valence-electron chi connectivity index (χ2n) is 12.1. The van der Waals surface area contributed by atoms with Crippen LogP contribution in [0, 0.1) is 18.7 Å². The molecule has 1 aliphatic carbocycles. The average Bonchev–Trinajstić information content (AvgIpc) is 2.95. The van der Waals surface area contributed by atoms with Gasteiger partial charge in [-0.1, -0.05) is 6.07 Å². The van der Waals surface area contributed by atoms with Crippen LogP contribution in [0.2, 0.25) is 0 Å². The first-order chi connectivity index (χ1) is 20.9. The van der Waals surface area contributed by atoms with Crippen molar-refractivity contribution in [1.82, 2.24) is 4.98 Å². The van der Waals surface area contributed by atoms with Crippen LogP contribution in [-0.4, -0.2) is 28.4 Å². The van der Waals surface area contributed by atoms with Crippen molar-refractivity contribution in [1.29, 1.82) is 0 Å². The predicted octanol–water partition coefficient (Wildman–Crippen LogP) is 8.94. The van der Waals surface area contributed by atoms with Gasteiger partial charge in [0.05, 0.1) is 35.0 Å². The molecule has 0 unspecified atom stereocenters. The number of hydrogen-bond donors (Lipinski definition) is 2. The summed E-state index contributed by atoms with van der Waals surface area (Å²) in [5.74, 6) is -1.83. The molecule has 0 radical (unpaired) electrons. The molecule has 1 fully saturated rings. The lowest BCUT2D eigenvalue weighted by Gasteiger charge is -2.28. The minimum atomic E-state index is -5.06. The fourth-order valence-electron chi connectivity index (χ4n) is 5.77. The summed E-state index contributed by atoms with van der Waals surface area (Å²) in [5, 5.41) is 12.1. The maximum atomic E-state index is 14.0. The number of carboxylic acid groups (broad SMARTS) is 1. The molecule has 0 amide bonds. The average molecular weight is 639 g/mol. The number of halogens is 7. The summed E-state index contributed by atoms with van der Waals surface area (Å²) in [7, 11) is 0. The van der Waals surface area contributed by atoms with Crippen molar-refractivity contribution < 1.29 is 45.4 Å². The standard InChI is InChI=1S/C33H33F7N2O3/c1-18-10-24(34)8-9-25(18)26-15-27(20-6-4-19(5-7-20)11-30(44)45)41-16-28(26)42-17-29(43)31(2,3)21-12-22(32(35,36)37)14-23(13-21)33(38,39)40/h8-10,12-16,19-20,42H,4-7,11,17H2,1-3H3,(H,44,45)/t19-,20-. The molecule has 5 nitrogen and oxygen atoms in total. The van der Waals surface area contributed by atoms with Crippen molar-refractivity contribution in [3.8, 4) is 11.1 Å². The van der Waals surface area contributed by atoms with E-state index in [1.165, 1.54) is 32.2 Å². The normalized spacial score (nSPS) is 17.6. The lowest BCUT2D eigenvalue weighted by atomic mass is 9.78. The lowest BCUT2D eigenvalue weighted by Crippen LogP contribution is -2.35. The summed E-state index contributed by atoms with van der Waals surface area (Å²) in [6, 6.07) is 7.16. The molecule has 0 saturated heterocycles. The summed E-state index contributed by atoms with van der Waals surface area (Å²) in [4.78, 5) is 29.1. The second-order valence-corrected chi connectivity index (χ2v) is 12.1. The first kappa shape index (κ1) is 33.9. The summed E-state index contributed by atoms with van der Waals surface area (Å²) in [5.41, 5.74) is -2.24. The van der Waals surface area contributed by atoms with E-state index in [0.717, 1.165) is 31.4 Å². The second kappa shape index (κ2) is 12.8. The third kappa shape index (κ3) is 8.01. The summed E-state index contributed by atoms with van der Waals surface area (Å²) in [6.45, 7) is 3.79. The van der Waals surface area contributed by atoms with Crippen molar-refractivity contribution >= 4 is 17.4 Å². The van der Waals surface area contributed by atoms with E-state index in [0.29, 0.717) is 34.5 Å². The highest BCUT2D eigenvalue weighted by Crippen LogP contribution is 2.41. The molecule has 0 bridgehead atoms. The van der Waals surface area contributed by atoms with Crippen LogP contribution in [-0.2, 0) is 27.4 Å². The predicted molar refractivity (Wildman–Crippen MR) is 154 cm³/mol. The minimum absolute atomic E-state index is 0.0193. The molecule has 45 heavy (non-hydrogen) atoms. The Morgan fingerprint density at radius 1 is 0.867 bits per heavy atom. The number of carbonyl (C=O) groups excluding carboxylic acids is 1. The smallest absolute Gasteiger partial charge is 0.416 e. The molecule has 12 heteroatoms. The van der Waals surface area contributed by atoms with E-state index in [-0.39, 0.29) is 24.3 Å². The SMILES string of the molecule is Cc1cc(F)ccc1-c1cc([C@H]2CC[C@H](CC(=O)O)CC2)ncc1NCC(=O)C(C)(C)c1cc(C(F)(F)F)cc(C(F)(F)F)c1. The van der Waals surface area contributed by atoms with Crippen molar-refractivity contribution in [3.63, 3.8) is 0 Å². The van der Waals surface area contributed by atoms with E-state index in [9.17, 15) is 40.3 Å². The quantitative estimate of drug-likeness (QED) is 0.229.